The van der Waals surface area contributed by atoms with E-state index in [1.807, 2.05) is 32.0 Å². The van der Waals surface area contributed by atoms with Crippen molar-refractivity contribution in [2.45, 2.75) is 46.1 Å². The van der Waals surface area contributed by atoms with Crippen molar-refractivity contribution >= 4 is 23.3 Å². The van der Waals surface area contributed by atoms with Crippen LogP contribution in [0.3, 0.4) is 0 Å². The lowest BCUT2D eigenvalue weighted by Gasteiger charge is -2.23. The number of rotatable bonds is 9. The van der Waals surface area contributed by atoms with E-state index in [9.17, 15) is 4.79 Å². The predicted octanol–water partition coefficient (Wildman–Crippen LogP) is 5.41. The Labute approximate surface area is 177 Å². The van der Waals surface area contributed by atoms with E-state index in [0.717, 1.165) is 16.7 Å². The van der Waals surface area contributed by atoms with Crippen molar-refractivity contribution in [2.24, 2.45) is 0 Å². The van der Waals surface area contributed by atoms with E-state index >= 15 is 0 Å². The zero-order valence-electron chi connectivity index (χ0n) is 17.5. The summed E-state index contributed by atoms with van der Waals surface area (Å²) in [4.78, 5) is 12.2. The summed E-state index contributed by atoms with van der Waals surface area (Å²) < 4.78 is 16.6. The molecule has 0 radical (unpaired) electrons. The van der Waals surface area contributed by atoms with Crippen LogP contribution in [0.1, 0.15) is 50.3 Å². The van der Waals surface area contributed by atoms with E-state index in [-0.39, 0.29) is 24.4 Å². The number of ether oxygens (including phenoxy) is 3. The maximum Gasteiger partial charge on any atom is 0.310 e. The van der Waals surface area contributed by atoms with E-state index in [0.29, 0.717) is 28.8 Å². The van der Waals surface area contributed by atoms with Crippen LogP contribution >= 0.6 is 11.6 Å². The van der Waals surface area contributed by atoms with E-state index in [1.165, 1.54) is 0 Å². The lowest BCUT2D eigenvalue weighted by molar-refractivity contribution is -0.142. The van der Waals surface area contributed by atoms with Crippen LogP contribution in [0.2, 0.25) is 5.02 Å². The topological polar surface area (TPSA) is 68.6 Å². The van der Waals surface area contributed by atoms with Gasteiger partial charge in [0.15, 0.2) is 11.5 Å². The van der Waals surface area contributed by atoms with Crippen molar-refractivity contribution in [2.75, 3.05) is 13.7 Å². The Morgan fingerprint density at radius 2 is 1.79 bits per heavy atom. The Kier molecular flexibility index (Phi) is 8.09. The van der Waals surface area contributed by atoms with Crippen LogP contribution in [0.5, 0.6) is 11.5 Å². The highest BCUT2D eigenvalue weighted by Crippen LogP contribution is 2.38. The van der Waals surface area contributed by atoms with Crippen molar-refractivity contribution in [1.82, 2.24) is 0 Å². The molecule has 0 fully saturated rings. The molecule has 5 nitrogen and oxygen atoms in total. The SMILES string of the molecule is CCOC(=O)Cc1cc(OC)c(OC(C)C)cc1C(C(C)=N)c1ccc(Cl)cc1. The average Bonchev–Trinajstić information content (AvgIpc) is 2.64. The van der Waals surface area contributed by atoms with E-state index in [2.05, 4.69) is 0 Å². The number of halogens is 1. The number of carbonyl (C=O) groups excluding carboxylic acids is 1. The highest BCUT2D eigenvalue weighted by molar-refractivity contribution is 6.30. The molecule has 0 amide bonds. The summed E-state index contributed by atoms with van der Waals surface area (Å²) in [5.41, 5.74) is 2.90. The molecule has 0 aromatic heterocycles. The molecule has 29 heavy (non-hydrogen) atoms. The molecule has 0 aliphatic rings. The Morgan fingerprint density at radius 3 is 2.31 bits per heavy atom. The zero-order valence-corrected chi connectivity index (χ0v) is 18.3. The fourth-order valence-electron chi connectivity index (χ4n) is 3.23. The summed E-state index contributed by atoms with van der Waals surface area (Å²) in [6.45, 7) is 7.70. The molecule has 1 unspecified atom stereocenters. The van der Waals surface area contributed by atoms with Crippen molar-refractivity contribution < 1.29 is 19.0 Å². The van der Waals surface area contributed by atoms with Crippen molar-refractivity contribution in [3.8, 4) is 11.5 Å². The van der Waals surface area contributed by atoms with Gasteiger partial charge in [-0.2, -0.15) is 0 Å². The van der Waals surface area contributed by atoms with Gasteiger partial charge in [-0.25, -0.2) is 0 Å². The molecule has 156 valence electrons. The van der Waals surface area contributed by atoms with Gasteiger partial charge in [-0.3, -0.25) is 4.79 Å². The summed E-state index contributed by atoms with van der Waals surface area (Å²) in [5, 5.41) is 9.06. The van der Waals surface area contributed by atoms with E-state index < -0.39 is 0 Å². The second-order valence-corrected chi connectivity index (χ2v) is 7.45. The fourth-order valence-corrected chi connectivity index (χ4v) is 3.36. The van der Waals surface area contributed by atoms with E-state index in [4.69, 9.17) is 31.2 Å². The standard InChI is InChI=1S/C23H28ClNO4/c1-6-28-22(26)12-17-11-20(27-5)21(29-14(2)3)13-19(17)23(15(4)25)16-7-9-18(24)10-8-16/h7-11,13-14,23,25H,6,12H2,1-5H3. The number of carbonyl (C=O) groups is 1. The van der Waals surface area contributed by atoms with Crippen LogP contribution in [0.15, 0.2) is 36.4 Å². The monoisotopic (exact) mass is 417 g/mol. The molecule has 2 aromatic carbocycles. The van der Waals surface area contributed by atoms with Crippen LogP contribution in [0, 0.1) is 5.41 Å². The molecule has 1 N–H and O–H groups in total. The minimum Gasteiger partial charge on any atom is -0.493 e. The molecular formula is C23H28ClNO4. The molecule has 0 heterocycles. The lowest BCUT2D eigenvalue weighted by Crippen LogP contribution is -2.17. The van der Waals surface area contributed by atoms with Gasteiger partial charge in [0.05, 0.1) is 26.2 Å². The first-order chi connectivity index (χ1) is 13.8. The maximum atomic E-state index is 12.2. The number of hydrogen-bond donors (Lipinski definition) is 1. The van der Waals surface area contributed by atoms with Crippen LogP contribution in [0.25, 0.3) is 0 Å². The summed E-state index contributed by atoms with van der Waals surface area (Å²) in [6, 6.07) is 11.1. The van der Waals surface area contributed by atoms with Gasteiger partial charge in [-0.15, -0.1) is 0 Å². The van der Waals surface area contributed by atoms with Gasteiger partial charge in [0.25, 0.3) is 0 Å². The first-order valence-corrected chi connectivity index (χ1v) is 9.98. The van der Waals surface area contributed by atoms with Crippen molar-refractivity contribution in [1.29, 1.82) is 5.41 Å². The minimum atomic E-state index is -0.350. The number of hydrogen-bond acceptors (Lipinski definition) is 5. The van der Waals surface area contributed by atoms with Gasteiger partial charge < -0.3 is 19.6 Å². The Balaban J connectivity index is 2.66. The van der Waals surface area contributed by atoms with Crippen LogP contribution < -0.4 is 9.47 Å². The third-order valence-electron chi connectivity index (χ3n) is 4.38. The maximum absolute atomic E-state index is 12.2. The highest BCUT2D eigenvalue weighted by atomic mass is 35.5. The largest absolute Gasteiger partial charge is 0.493 e. The Bertz CT molecular complexity index is 862. The number of benzene rings is 2. The van der Waals surface area contributed by atoms with Gasteiger partial charge >= 0.3 is 5.97 Å². The van der Waals surface area contributed by atoms with Gasteiger partial charge in [-0.1, -0.05) is 23.7 Å². The molecule has 1 atom stereocenters. The lowest BCUT2D eigenvalue weighted by atomic mass is 9.84. The molecule has 2 aromatic rings. The van der Waals surface area contributed by atoms with Crippen LogP contribution in [0.4, 0.5) is 0 Å². The molecule has 0 saturated carbocycles. The molecule has 2 rings (SSSR count). The third-order valence-corrected chi connectivity index (χ3v) is 4.63. The summed E-state index contributed by atoms with van der Waals surface area (Å²) in [6.07, 6.45) is 0.0292. The highest BCUT2D eigenvalue weighted by Gasteiger charge is 2.24. The van der Waals surface area contributed by atoms with Crippen LogP contribution in [-0.4, -0.2) is 31.5 Å². The van der Waals surface area contributed by atoms with Gasteiger partial charge in [0.2, 0.25) is 0 Å². The Morgan fingerprint density at radius 1 is 1.14 bits per heavy atom. The predicted molar refractivity (Wildman–Crippen MR) is 116 cm³/mol. The molecule has 6 heteroatoms. The van der Waals surface area contributed by atoms with Crippen molar-refractivity contribution in [3.63, 3.8) is 0 Å². The molecular weight excluding hydrogens is 390 g/mol. The first kappa shape index (κ1) is 22.8. The second-order valence-electron chi connectivity index (χ2n) is 7.02. The Hall–Kier alpha value is -2.53. The molecule has 0 saturated heterocycles. The zero-order chi connectivity index (χ0) is 21.6. The summed E-state index contributed by atoms with van der Waals surface area (Å²) in [7, 11) is 1.56. The second kappa shape index (κ2) is 10.3. The molecule has 0 spiro atoms. The summed E-state index contributed by atoms with van der Waals surface area (Å²) >= 11 is 6.05. The normalized spacial score (nSPS) is 11.8. The third kappa shape index (κ3) is 5.97. The smallest absolute Gasteiger partial charge is 0.310 e. The van der Waals surface area contributed by atoms with Gasteiger partial charge in [0.1, 0.15) is 0 Å². The minimum absolute atomic E-state index is 0.0530. The van der Waals surface area contributed by atoms with Gasteiger partial charge in [0, 0.05) is 16.7 Å². The van der Waals surface area contributed by atoms with Crippen LogP contribution in [-0.2, 0) is 16.0 Å². The number of methoxy groups -OCH3 is 1. The number of nitrogens with one attached hydrogen (secondary N) is 1. The van der Waals surface area contributed by atoms with Gasteiger partial charge in [-0.05, 0) is 68.7 Å². The summed E-state index contributed by atoms with van der Waals surface area (Å²) in [5.74, 6) is 0.437. The molecule has 0 bridgehead atoms. The quantitative estimate of drug-likeness (QED) is 0.437. The molecule has 0 aliphatic heterocycles. The number of esters is 1. The molecule has 0 aliphatic carbocycles. The van der Waals surface area contributed by atoms with E-state index in [1.54, 1.807) is 39.2 Å². The average molecular weight is 418 g/mol. The fraction of sp³-hybridized carbons (Fsp3) is 0.391. The first-order valence-electron chi connectivity index (χ1n) is 9.60. The van der Waals surface area contributed by atoms with Crippen molar-refractivity contribution in [3.05, 3.63) is 58.1 Å².